The molecule has 2 aromatic rings. The fourth-order valence-electron chi connectivity index (χ4n) is 1.54. The summed E-state index contributed by atoms with van der Waals surface area (Å²) in [7, 11) is 0. The highest BCUT2D eigenvalue weighted by molar-refractivity contribution is 9.10. The zero-order chi connectivity index (χ0) is 14.8. The number of nitrogens with zero attached hydrogens (tertiary/aromatic N) is 4. The lowest BCUT2D eigenvalue weighted by atomic mass is 10.1. The fraction of sp³-hybridized carbons (Fsp3) is 0.182. The van der Waals surface area contributed by atoms with Crippen LogP contribution in [0.4, 0.5) is 13.2 Å². The van der Waals surface area contributed by atoms with Crippen LogP contribution in [0.15, 0.2) is 38.4 Å². The van der Waals surface area contributed by atoms with E-state index in [1.165, 1.54) is 18.3 Å². The van der Waals surface area contributed by atoms with Gasteiger partial charge in [0.1, 0.15) is 5.76 Å². The average Bonchev–Trinajstić information content (AvgIpc) is 2.84. The lowest BCUT2D eigenvalue weighted by molar-refractivity contribution is -0.137. The summed E-state index contributed by atoms with van der Waals surface area (Å²) in [5.74, 6) is 0.0156. The summed E-state index contributed by atoms with van der Waals surface area (Å²) in [5, 5.41) is 3.25. The molecule has 0 amide bonds. The highest BCUT2D eigenvalue weighted by Gasteiger charge is 2.35. The molecule has 0 radical (unpaired) electrons. The Morgan fingerprint density at radius 1 is 1.40 bits per heavy atom. The van der Waals surface area contributed by atoms with Crippen LogP contribution >= 0.6 is 15.9 Å². The zero-order valence-electron chi connectivity index (χ0n) is 9.73. The maximum absolute atomic E-state index is 13.0. The maximum Gasteiger partial charge on any atom is 0.417 e. The standard InChI is InChI=1S/C11H6BrF3N4O/c12-6-1-2-8(9(3-6)11(13,14)15)10-17-4-7(20-10)5-18-19-16/h1-4H,5H2. The molecule has 1 aromatic carbocycles. The van der Waals surface area contributed by atoms with E-state index < -0.39 is 11.7 Å². The predicted octanol–water partition coefficient (Wildman–Crippen LogP) is 4.93. The van der Waals surface area contributed by atoms with Crippen molar-refractivity contribution in [2.24, 2.45) is 5.11 Å². The van der Waals surface area contributed by atoms with E-state index in [1.54, 1.807) is 0 Å². The van der Waals surface area contributed by atoms with Crippen molar-refractivity contribution in [1.82, 2.24) is 4.98 Å². The number of rotatable bonds is 3. The summed E-state index contributed by atoms with van der Waals surface area (Å²) in [6.45, 7) is -0.110. The van der Waals surface area contributed by atoms with Crippen molar-refractivity contribution in [2.45, 2.75) is 12.7 Å². The van der Waals surface area contributed by atoms with Gasteiger partial charge in [0.25, 0.3) is 0 Å². The van der Waals surface area contributed by atoms with Gasteiger partial charge in [-0.05, 0) is 23.7 Å². The Kier molecular flexibility index (Phi) is 4.01. The molecular weight excluding hydrogens is 341 g/mol. The van der Waals surface area contributed by atoms with Crippen LogP contribution in [0.1, 0.15) is 11.3 Å². The molecule has 5 nitrogen and oxygen atoms in total. The van der Waals surface area contributed by atoms with Gasteiger partial charge in [-0.2, -0.15) is 13.2 Å². The van der Waals surface area contributed by atoms with E-state index in [2.05, 4.69) is 30.9 Å². The van der Waals surface area contributed by atoms with Gasteiger partial charge in [-0.1, -0.05) is 21.0 Å². The molecule has 0 aliphatic rings. The molecule has 0 atom stereocenters. The number of aromatic nitrogens is 1. The summed E-state index contributed by atoms with van der Waals surface area (Å²) in [6, 6.07) is 3.67. The van der Waals surface area contributed by atoms with E-state index in [1.807, 2.05) is 0 Å². The largest absolute Gasteiger partial charge is 0.441 e. The summed E-state index contributed by atoms with van der Waals surface area (Å²) in [4.78, 5) is 6.31. The van der Waals surface area contributed by atoms with Gasteiger partial charge in [0.15, 0.2) is 0 Å². The molecule has 0 fully saturated rings. The summed E-state index contributed by atoms with van der Waals surface area (Å²) < 4.78 is 44.4. The van der Waals surface area contributed by atoms with Crippen molar-refractivity contribution in [1.29, 1.82) is 0 Å². The molecule has 0 saturated carbocycles. The molecule has 0 unspecified atom stereocenters. The van der Waals surface area contributed by atoms with E-state index in [-0.39, 0.29) is 23.8 Å². The summed E-state index contributed by atoms with van der Waals surface area (Å²) in [5.41, 5.74) is 7.14. The molecule has 0 aliphatic heterocycles. The molecule has 0 N–H and O–H groups in total. The fourth-order valence-corrected chi connectivity index (χ4v) is 1.91. The molecule has 1 aromatic heterocycles. The van der Waals surface area contributed by atoms with E-state index in [4.69, 9.17) is 9.95 Å². The SMILES string of the molecule is [N-]=[N+]=NCc1cnc(-c2ccc(Br)cc2C(F)(F)F)o1. The second-order valence-corrected chi connectivity index (χ2v) is 4.62. The van der Waals surface area contributed by atoms with Gasteiger partial charge in [0.05, 0.1) is 18.3 Å². The monoisotopic (exact) mass is 346 g/mol. The van der Waals surface area contributed by atoms with Gasteiger partial charge in [-0.15, -0.1) is 0 Å². The van der Waals surface area contributed by atoms with Gasteiger partial charge >= 0.3 is 6.18 Å². The van der Waals surface area contributed by atoms with Crippen LogP contribution in [0.3, 0.4) is 0 Å². The van der Waals surface area contributed by atoms with Crippen molar-refractivity contribution >= 4 is 15.9 Å². The number of azide groups is 1. The van der Waals surface area contributed by atoms with Crippen LogP contribution < -0.4 is 0 Å². The Hall–Kier alpha value is -1.99. The van der Waals surface area contributed by atoms with E-state index in [9.17, 15) is 13.2 Å². The quantitative estimate of drug-likeness (QED) is 0.448. The molecule has 0 bridgehead atoms. The highest BCUT2D eigenvalue weighted by Crippen LogP contribution is 2.38. The van der Waals surface area contributed by atoms with Crippen LogP contribution in [0, 0.1) is 0 Å². The number of hydrogen-bond donors (Lipinski definition) is 0. The Labute approximate surface area is 119 Å². The first-order chi connectivity index (χ1) is 9.41. The predicted molar refractivity (Wildman–Crippen MR) is 67.5 cm³/mol. The van der Waals surface area contributed by atoms with Gasteiger partial charge < -0.3 is 4.42 Å². The topological polar surface area (TPSA) is 74.8 Å². The van der Waals surface area contributed by atoms with Crippen molar-refractivity contribution in [3.63, 3.8) is 0 Å². The minimum Gasteiger partial charge on any atom is -0.441 e. The number of halogens is 4. The lowest BCUT2D eigenvalue weighted by Gasteiger charge is -2.10. The van der Waals surface area contributed by atoms with Crippen LogP contribution in [-0.2, 0) is 12.7 Å². The van der Waals surface area contributed by atoms with Gasteiger partial charge in [-0.3, -0.25) is 0 Å². The molecular formula is C11H6BrF3N4O. The zero-order valence-corrected chi connectivity index (χ0v) is 11.3. The Bertz CT molecular complexity index is 677. The molecule has 0 saturated heterocycles. The minimum atomic E-state index is -4.53. The van der Waals surface area contributed by atoms with E-state index in [0.29, 0.717) is 4.47 Å². The summed E-state index contributed by atoms with van der Waals surface area (Å²) in [6.07, 6.45) is -3.30. The Morgan fingerprint density at radius 3 is 2.80 bits per heavy atom. The van der Waals surface area contributed by atoms with Gasteiger partial charge in [0.2, 0.25) is 5.89 Å². The molecule has 20 heavy (non-hydrogen) atoms. The average molecular weight is 347 g/mol. The van der Waals surface area contributed by atoms with Crippen LogP contribution in [0.25, 0.3) is 21.9 Å². The van der Waals surface area contributed by atoms with Gasteiger partial charge in [-0.25, -0.2) is 4.98 Å². The third-order valence-corrected chi connectivity index (χ3v) is 2.85. The van der Waals surface area contributed by atoms with E-state index in [0.717, 1.165) is 6.07 Å². The highest BCUT2D eigenvalue weighted by atomic mass is 79.9. The molecule has 0 spiro atoms. The van der Waals surface area contributed by atoms with E-state index >= 15 is 0 Å². The first-order valence-electron chi connectivity index (χ1n) is 5.24. The van der Waals surface area contributed by atoms with Crippen LogP contribution in [0.5, 0.6) is 0 Å². The Morgan fingerprint density at radius 2 is 2.15 bits per heavy atom. The lowest BCUT2D eigenvalue weighted by Crippen LogP contribution is -2.07. The molecule has 104 valence electrons. The third-order valence-electron chi connectivity index (χ3n) is 2.36. The number of oxazole rings is 1. The molecule has 9 heteroatoms. The number of hydrogen-bond acceptors (Lipinski definition) is 3. The summed E-state index contributed by atoms with van der Waals surface area (Å²) >= 11 is 2.99. The van der Waals surface area contributed by atoms with Crippen molar-refractivity contribution in [3.05, 3.63) is 50.6 Å². The number of benzene rings is 1. The molecule has 2 rings (SSSR count). The normalized spacial score (nSPS) is 11.2. The van der Waals surface area contributed by atoms with Crippen LogP contribution in [0.2, 0.25) is 0 Å². The first-order valence-corrected chi connectivity index (χ1v) is 6.04. The minimum absolute atomic E-state index is 0.110. The van der Waals surface area contributed by atoms with Crippen molar-refractivity contribution < 1.29 is 17.6 Å². The van der Waals surface area contributed by atoms with Gasteiger partial charge in [0, 0.05) is 14.9 Å². The van der Waals surface area contributed by atoms with Crippen molar-refractivity contribution in [2.75, 3.05) is 0 Å². The first kappa shape index (κ1) is 14.4. The third kappa shape index (κ3) is 3.12. The smallest absolute Gasteiger partial charge is 0.417 e. The number of alkyl halides is 3. The second-order valence-electron chi connectivity index (χ2n) is 3.71. The Balaban J connectivity index is 2.47. The molecule has 1 heterocycles. The maximum atomic E-state index is 13.0. The van der Waals surface area contributed by atoms with Crippen LogP contribution in [-0.4, -0.2) is 4.98 Å². The molecule has 0 aliphatic carbocycles. The second kappa shape index (κ2) is 5.56. The van der Waals surface area contributed by atoms with Crippen molar-refractivity contribution in [3.8, 4) is 11.5 Å².